The predicted octanol–water partition coefficient (Wildman–Crippen LogP) is 2.66. The van der Waals surface area contributed by atoms with Gasteiger partial charge in [-0.3, -0.25) is 0 Å². The summed E-state index contributed by atoms with van der Waals surface area (Å²) in [4.78, 5) is 0. The van der Waals surface area contributed by atoms with E-state index in [-0.39, 0.29) is 0 Å². The van der Waals surface area contributed by atoms with Crippen LogP contribution in [0.2, 0.25) is 0 Å². The van der Waals surface area contributed by atoms with Crippen LogP contribution in [0.4, 0.5) is 0 Å². The molecule has 1 aromatic carbocycles. The minimum absolute atomic E-state index is 0.471. The summed E-state index contributed by atoms with van der Waals surface area (Å²) in [5.41, 5.74) is 2.87. The second kappa shape index (κ2) is 6.21. The topological polar surface area (TPSA) is 12.0 Å². The van der Waals surface area contributed by atoms with Crippen molar-refractivity contribution >= 4 is 15.4 Å². The van der Waals surface area contributed by atoms with Crippen LogP contribution in [0, 0.1) is 0 Å². The van der Waals surface area contributed by atoms with Crippen molar-refractivity contribution in [2.75, 3.05) is 6.54 Å². The lowest BCUT2D eigenvalue weighted by Crippen LogP contribution is -2.25. The molecule has 1 unspecified atom stereocenters. The SMILES string of the molecule is CCNC(CC)c1cccc([Si])c1C(C)C. The molecular formula is C14H22NSi. The van der Waals surface area contributed by atoms with E-state index in [4.69, 9.17) is 0 Å². The Bertz CT molecular complexity index is 334. The van der Waals surface area contributed by atoms with E-state index >= 15 is 0 Å². The normalized spacial score (nSPS) is 13.1. The van der Waals surface area contributed by atoms with Gasteiger partial charge in [-0.2, -0.15) is 0 Å². The van der Waals surface area contributed by atoms with Crippen LogP contribution in [0.25, 0.3) is 0 Å². The van der Waals surface area contributed by atoms with Crippen molar-refractivity contribution in [2.24, 2.45) is 0 Å². The summed E-state index contributed by atoms with van der Waals surface area (Å²) >= 11 is 0. The van der Waals surface area contributed by atoms with E-state index in [0.717, 1.165) is 13.0 Å². The lowest BCUT2D eigenvalue weighted by Gasteiger charge is -2.23. The molecular weight excluding hydrogens is 210 g/mol. The highest BCUT2D eigenvalue weighted by atomic mass is 28.1. The van der Waals surface area contributed by atoms with Gasteiger partial charge in [-0.05, 0) is 30.0 Å². The molecule has 0 heterocycles. The van der Waals surface area contributed by atoms with E-state index < -0.39 is 0 Å². The molecule has 1 atom stereocenters. The van der Waals surface area contributed by atoms with Crippen LogP contribution in [-0.2, 0) is 0 Å². The van der Waals surface area contributed by atoms with Crippen molar-refractivity contribution in [3.05, 3.63) is 29.3 Å². The monoisotopic (exact) mass is 232 g/mol. The molecule has 0 aromatic heterocycles. The molecule has 0 amide bonds. The van der Waals surface area contributed by atoms with E-state index in [2.05, 4.69) is 61.5 Å². The molecule has 16 heavy (non-hydrogen) atoms. The molecule has 0 fully saturated rings. The maximum absolute atomic E-state index is 3.72. The van der Waals surface area contributed by atoms with E-state index in [0.29, 0.717) is 12.0 Å². The van der Waals surface area contributed by atoms with Gasteiger partial charge in [0.15, 0.2) is 0 Å². The molecule has 1 nitrogen and oxygen atoms in total. The first-order valence-electron chi connectivity index (χ1n) is 6.19. The molecule has 0 spiro atoms. The molecule has 0 aliphatic heterocycles. The lowest BCUT2D eigenvalue weighted by molar-refractivity contribution is 0.531. The maximum atomic E-state index is 3.72. The molecule has 1 N–H and O–H groups in total. The van der Waals surface area contributed by atoms with E-state index in [9.17, 15) is 0 Å². The highest BCUT2D eigenvalue weighted by molar-refractivity contribution is 6.33. The lowest BCUT2D eigenvalue weighted by atomic mass is 9.91. The smallest absolute Gasteiger partial charge is 0.0716 e. The molecule has 0 aliphatic carbocycles. The first kappa shape index (κ1) is 13.5. The number of benzene rings is 1. The second-order valence-electron chi connectivity index (χ2n) is 4.48. The average molecular weight is 232 g/mol. The summed E-state index contributed by atoms with van der Waals surface area (Å²) < 4.78 is 0. The summed E-state index contributed by atoms with van der Waals surface area (Å²) in [6.45, 7) is 9.91. The molecule has 0 bridgehead atoms. The summed E-state index contributed by atoms with van der Waals surface area (Å²) in [5, 5.41) is 4.78. The zero-order chi connectivity index (χ0) is 12.1. The molecule has 0 aliphatic rings. The van der Waals surface area contributed by atoms with Crippen LogP contribution >= 0.6 is 0 Å². The van der Waals surface area contributed by atoms with Gasteiger partial charge in [-0.25, -0.2) is 0 Å². The minimum Gasteiger partial charge on any atom is -0.310 e. The Morgan fingerprint density at radius 2 is 1.94 bits per heavy atom. The van der Waals surface area contributed by atoms with E-state index in [1.807, 2.05) is 0 Å². The Labute approximate surface area is 103 Å². The van der Waals surface area contributed by atoms with E-state index in [1.54, 1.807) is 0 Å². The van der Waals surface area contributed by atoms with Crippen molar-refractivity contribution < 1.29 is 0 Å². The van der Waals surface area contributed by atoms with Gasteiger partial charge in [-0.15, -0.1) is 0 Å². The molecule has 1 aromatic rings. The number of rotatable bonds is 5. The molecule has 2 heteroatoms. The molecule has 3 radical (unpaired) electrons. The Morgan fingerprint density at radius 3 is 2.44 bits per heavy atom. The molecule has 1 rings (SSSR count). The third kappa shape index (κ3) is 2.95. The van der Waals surface area contributed by atoms with Crippen molar-refractivity contribution in [3.8, 4) is 0 Å². The van der Waals surface area contributed by atoms with Gasteiger partial charge in [0, 0.05) is 6.04 Å². The first-order chi connectivity index (χ1) is 7.61. The highest BCUT2D eigenvalue weighted by Gasteiger charge is 2.15. The van der Waals surface area contributed by atoms with Crippen LogP contribution in [-0.4, -0.2) is 16.8 Å². The first-order valence-corrected chi connectivity index (χ1v) is 6.69. The van der Waals surface area contributed by atoms with Gasteiger partial charge in [0.2, 0.25) is 0 Å². The minimum atomic E-state index is 0.471. The van der Waals surface area contributed by atoms with Crippen LogP contribution in [0.3, 0.4) is 0 Å². The second-order valence-corrected chi connectivity index (χ2v) is 5.02. The van der Waals surface area contributed by atoms with Crippen molar-refractivity contribution in [1.82, 2.24) is 5.32 Å². The van der Waals surface area contributed by atoms with Crippen LogP contribution in [0.5, 0.6) is 0 Å². The maximum Gasteiger partial charge on any atom is 0.0716 e. The Hall–Kier alpha value is -0.603. The summed E-state index contributed by atoms with van der Waals surface area (Å²) in [6, 6.07) is 6.98. The van der Waals surface area contributed by atoms with Gasteiger partial charge in [-0.1, -0.05) is 51.1 Å². The third-order valence-corrected chi connectivity index (χ3v) is 3.39. The van der Waals surface area contributed by atoms with Gasteiger partial charge in [0.25, 0.3) is 0 Å². The van der Waals surface area contributed by atoms with Crippen molar-refractivity contribution in [2.45, 2.75) is 46.1 Å². The van der Waals surface area contributed by atoms with Gasteiger partial charge >= 0.3 is 0 Å². The quantitative estimate of drug-likeness (QED) is 0.770. The van der Waals surface area contributed by atoms with Gasteiger partial charge < -0.3 is 5.32 Å². The van der Waals surface area contributed by atoms with Crippen LogP contribution in [0.15, 0.2) is 18.2 Å². The van der Waals surface area contributed by atoms with E-state index in [1.165, 1.54) is 16.3 Å². The van der Waals surface area contributed by atoms with Crippen molar-refractivity contribution in [1.29, 1.82) is 0 Å². The molecule has 0 saturated heterocycles. The zero-order valence-electron chi connectivity index (χ0n) is 10.8. The van der Waals surface area contributed by atoms with Crippen LogP contribution < -0.4 is 10.5 Å². The fourth-order valence-electron chi connectivity index (χ4n) is 2.25. The fraction of sp³-hybridized carbons (Fsp3) is 0.571. The zero-order valence-corrected chi connectivity index (χ0v) is 11.8. The fourth-order valence-corrected chi connectivity index (χ4v) is 2.78. The largest absolute Gasteiger partial charge is 0.310 e. The molecule has 0 saturated carbocycles. The van der Waals surface area contributed by atoms with Gasteiger partial charge in [0.1, 0.15) is 0 Å². The molecule has 87 valence electrons. The average Bonchev–Trinajstić information content (AvgIpc) is 2.25. The highest BCUT2D eigenvalue weighted by Crippen LogP contribution is 2.25. The Morgan fingerprint density at radius 1 is 1.25 bits per heavy atom. The Balaban J connectivity index is 3.15. The van der Waals surface area contributed by atoms with Crippen LogP contribution in [0.1, 0.15) is 57.2 Å². The Kier molecular flexibility index (Phi) is 5.23. The van der Waals surface area contributed by atoms with Crippen molar-refractivity contribution in [3.63, 3.8) is 0 Å². The predicted molar refractivity (Wildman–Crippen MR) is 72.6 cm³/mol. The number of nitrogens with one attached hydrogen (secondary N) is 1. The summed E-state index contributed by atoms with van der Waals surface area (Å²) in [7, 11) is 3.72. The number of hydrogen-bond acceptors (Lipinski definition) is 1. The number of hydrogen-bond donors (Lipinski definition) is 1. The third-order valence-electron chi connectivity index (χ3n) is 2.95. The standard InChI is InChI=1S/C14H22NSi/c1-5-12(15-6-2)11-8-7-9-13(16)14(11)10(3)4/h7-10,12,15H,5-6H2,1-4H3. The summed E-state index contributed by atoms with van der Waals surface area (Å²) in [6.07, 6.45) is 1.13. The summed E-state index contributed by atoms with van der Waals surface area (Å²) in [5.74, 6) is 0.552. The van der Waals surface area contributed by atoms with Gasteiger partial charge in [0.05, 0.1) is 10.2 Å².